The van der Waals surface area contributed by atoms with Crippen molar-refractivity contribution >= 4 is 29.6 Å². The van der Waals surface area contributed by atoms with Gasteiger partial charge in [0.15, 0.2) is 0 Å². The SMILES string of the molecule is CCCCCC(CCN1C(=O)CSC1CCCCCCC(=O)O)OC(=O)CC. The van der Waals surface area contributed by atoms with Crippen LogP contribution >= 0.6 is 11.8 Å². The van der Waals surface area contributed by atoms with E-state index in [4.69, 9.17) is 9.84 Å². The second-order valence-electron chi connectivity index (χ2n) is 7.45. The van der Waals surface area contributed by atoms with Crippen LogP contribution in [-0.4, -0.2) is 51.6 Å². The predicted molar refractivity (Wildman–Crippen MR) is 112 cm³/mol. The van der Waals surface area contributed by atoms with Crippen LogP contribution in [0.4, 0.5) is 0 Å². The summed E-state index contributed by atoms with van der Waals surface area (Å²) in [4.78, 5) is 36.5. The highest BCUT2D eigenvalue weighted by atomic mass is 32.2. The zero-order valence-corrected chi connectivity index (χ0v) is 18.3. The fourth-order valence-corrected chi connectivity index (χ4v) is 4.63. The standard InChI is InChI=1S/C21H37NO5S/c1-3-5-8-11-17(27-21(26)4-2)14-15-22-18(23)16-28-19(22)12-9-6-7-10-13-20(24)25/h17,19H,3-16H2,1-2H3,(H,24,25). The average Bonchev–Trinajstić information content (AvgIpc) is 3.01. The van der Waals surface area contributed by atoms with Crippen LogP contribution in [0.1, 0.15) is 90.9 Å². The molecule has 0 aromatic carbocycles. The van der Waals surface area contributed by atoms with Gasteiger partial charge in [0.1, 0.15) is 6.10 Å². The Morgan fingerprint density at radius 2 is 1.89 bits per heavy atom. The molecule has 0 spiro atoms. The van der Waals surface area contributed by atoms with Crippen LogP contribution in [0.25, 0.3) is 0 Å². The summed E-state index contributed by atoms with van der Waals surface area (Å²) in [7, 11) is 0. The third kappa shape index (κ3) is 10.3. The van der Waals surface area contributed by atoms with Gasteiger partial charge in [-0.1, -0.05) is 46.0 Å². The summed E-state index contributed by atoms with van der Waals surface area (Å²) in [6.45, 7) is 4.60. The molecular formula is C21H37NO5S. The molecular weight excluding hydrogens is 378 g/mol. The van der Waals surface area contributed by atoms with Crippen molar-refractivity contribution in [2.24, 2.45) is 0 Å². The minimum absolute atomic E-state index is 0.103. The first kappa shape index (κ1) is 24.8. The van der Waals surface area contributed by atoms with E-state index in [2.05, 4.69) is 6.92 Å². The Labute approximate surface area is 173 Å². The monoisotopic (exact) mass is 415 g/mol. The minimum atomic E-state index is -0.736. The van der Waals surface area contributed by atoms with Crippen LogP contribution in [0.5, 0.6) is 0 Å². The van der Waals surface area contributed by atoms with Crippen molar-refractivity contribution in [2.45, 2.75) is 102 Å². The van der Waals surface area contributed by atoms with Gasteiger partial charge in [-0.25, -0.2) is 0 Å². The van der Waals surface area contributed by atoms with E-state index in [0.29, 0.717) is 25.1 Å². The van der Waals surface area contributed by atoms with E-state index in [0.717, 1.165) is 57.8 Å². The molecule has 0 aromatic rings. The molecule has 0 saturated carbocycles. The number of esters is 1. The van der Waals surface area contributed by atoms with Gasteiger partial charge in [-0.05, 0) is 25.7 Å². The molecule has 0 bridgehead atoms. The van der Waals surface area contributed by atoms with Crippen LogP contribution in [0.2, 0.25) is 0 Å². The van der Waals surface area contributed by atoms with Gasteiger partial charge in [-0.15, -0.1) is 11.8 Å². The third-order valence-electron chi connectivity index (χ3n) is 5.07. The topological polar surface area (TPSA) is 83.9 Å². The first-order valence-corrected chi connectivity index (χ1v) is 11.8. The smallest absolute Gasteiger partial charge is 0.305 e. The summed E-state index contributed by atoms with van der Waals surface area (Å²) >= 11 is 1.69. The molecule has 1 saturated heterocycles. The molecule has 1 rings (SSSR count). The first-order valence-electron chi connectivity index (χ1n) is 10.8. The molecule has 0 aromatic heterocycles. The fraction of sp³-hybridized carbons (Fsp3) is 0.857. The first-order chi connectivity index (χ1) is 13.5. The van der Waals surface area contributed by atoms with Gasteiger partial charge in [0.05, 0.1) is 11.1 Å². The quantitative estimate of drug-likeness (QED) is 0.293. The summed E-state index contributed by atoms with van der Waals surface area (Å²) in [5, 5.41) is 8.87. The molecule has 0 aliphatic carbocycles. The van der Waals surface area contributed by atoms with Crippen molar-refractivity contribution in [2.75, 3.05) is 12.3 Å². The summed E-state index contributed by atoms with van der Waals surface area (Å²) < 4.78 is 5.59. The Morgan fingerprint density at radius 3 is 2.57 bits per heavy atom. The lowest BCUT2D eigenvalue weighted by atomic mass is 10.1. The van der Waals surface area contributed by atoms with Gasteiger partial charge in [0.2, 0.25) is 5.91 Å². The lowest BCUT2D eigenvalue weighted by Crippen LogP contribution is -2.36. The van der Waals surface area contributed by atoms with Crippen LogP contribution in [0.3, 0.4) is 0 Å². The van der Waals surface area contributed by atoms with E-state index >= 15 is 0 Å². The molecule has 1 N–H and O–H groups in total. The highest BCUT2D eigenvalue weighted by Crippen LogP contribution is 2.30. The highest BCUT2D eigenvalue weighted by molar-refractivity contribution is 8.00. The number of carbonyl (C=O) groups excluding carboxylic acids is 2. The maximum Gasteiger partial charge on any atom is 0.305 e. The van der Waals surface area contributed by atoms with Crippen molar-refractivity contribution in [3.8, 4) is 0 Å². The molecule has 0 radical (unpaired) electrons. The van der Waals surface area contributed by atoms with Crippen molar-refractivity contribution in [3.05, 3.63) is 0 Å². The zero-order chi connectivity index (χ0) is 20.8. The van der Waals surface area contributed by atoms with Gasteiger partial charge < -0.3 is 14.7 Å². The van der Waals surface area contributed by atoms with E-state index in [9.17, 15) is 14.4 Å². The number of nitrogens with zero attached hydrogens (tertiary/aromatic N) is 1. The van der Waals surface area contributed by atoms with Crippen LogP contribution in [0.15, 0.2) is 0 Å². The number of aliphatic carboxylic acids is 1. The molecule has 7 heteroatoms. The Bertz CT molecular complexity index is 485. The Kier molecular flexibility index (Phi) is 13.0. The fourth-order valence-electron chi connectivity index (χ4n) is 3.39. The van der Waals surface area contributed by atoms with Gasteiger partial charge >= 0.3 is 11.9 Å². The number of hydrogen-bond donors (Lipinski definition) is 1. The number of unbranched alkanes of at least 4 members (excludes halogenated alkanes) is 5. The number of ether oxygens (including phenoxy) is 1. The lowest BCUT2D eigenvalue weighted by Gasteiger charge is -2.26. The normalized spacial score (nSPS) is 17.7. The van der Waals surface area contributed by atoms with E-state index < -0.39 is 5.97 Å². The lowest BCUT2D eigenvalue weighted by molar-refractivity contribution is -0.149. The summed E-state index contributed by atoms with van der Waals surface area (Å²) in [6, 6.07) is 0. The van der Waals surface area contributed by atoms with Crippen molar-refractivity contribution in [1.29, 1.82) is 0 Å². The molecule has 1 fully saturated rings. The Hall–Kier alpha value is -1.24. The molecule has 1 aliphatic heterocycles. The van der Waals surface area contributed by atoms with Crippen molar-refractivity contribution in [1.82, 2.24) is 4.90 Å². The third-order valence-corrected chi connectivity index (χ3v) is 6.36. The molecule has 162 valence electrons. The number of hydrogen-bond acceptors (Lipinski definition) is 5. The molecule has 2 unspecified atom stereocenters. The van der Waals surface area contributed by atoms with Crippen LogP contribution in [0, 0.1) is 0 Å². The summed E-state index contributed by atoms with van der Waals surface area (Å²) in [5.41, 5.74) is 0. The molecule has 28 heavy (non-hydrogen) atoms. The number of carbonyl (C=O) groups is 3. The maximum atomic E-state index is 12.3. The number of thioether (sulfide) groups is 1. The van der Waals surface area contributed by atoms with E-state index in [-0.39, 0.29) is 29.8 Å². The predicted octanol–water partition coefficient (Wildman–Crippen LogP) is 4.61. The van der Waals surface area contributed by atoms with Gasteiger partial charge in [0, 0.05) is 25.8 Å². The van der Waals surface area contributed by atoms with Gasteiger partial charge in [-0.2, -0.15) is 0 Å². The highest BCUT2D eigenvalue weighted by Gasteiger charge is 2.31. The number of carboxylic acids is 1. The molecule has 1 aliphatic rings. The molecule has 1 amide bonds. The van der Waals surface area contributed by atoms with Gasteiger partial charge in [0.25, 0.3) is 0 Å². The van der Waals surface area contributed by atoms with E-state index in [1.54, 1.807) is 18.7 Å². The minimum Gasteiger partial charge on any atom is -0.481 e. The van der Waals surface area contributed by atoms with Crippen molar-refractivity contribution in [3.63, 3.8) is 0 Å². The summed E-state index contributed by atoms with van der Waals surface area (Å²) in [6.07, 6.45) is 9.97. The van der Waals surface area contributed by atoms with Crippen LogP contribution in [-0.2, 0) is 19.1 Å². The van der Waals surface area contributed by atoms with Crippen molar-refractivity contribution < 1.29 is 24.2 Å². The molecule has 1 heterocycles. The Morgan fingerprint density at radius 1 is 1.14 bits per heavy atom. The molecule has 2 atom stereocenters. The van der Waals surface area contributed by atoms with Gasteiger partial charge in [-0.3, -0.25) is 14.4 Å². The second-order valence-corrected chi connectivity index (χ2v) is 8.62. The van der Waals surface area contributed by atoms with E-state index in [1.165, 1.54) is 0 Å². The average molecular weight is 416 g/mol. The Balaban J connectivity index is 2.40. The number of rotatable bonds is 16. The van der Waals surface area contributed by atoms with Crippen LogP contribution < -0.4 is 0 Å². The van der Waals surface area contributed by atoms with E-state index in [1.807, 2.05) is 4.90 Å². The second kappa shape index (κ2) is 14.7. The maximum absolute atomic E-state index is 12.3. The zero-order valence-electron chi connectivity index (χ0n) is 17.5. The summed E-state index contributed by atoms with van der Waals surface area (Å²) in [5.74, 6) is -0.198. The molecule has 6 nitrogen and oxygen atoms in total. The number of carboxylic acid groups (broad SMARTS) is 1. The number of amides is 1. The largest absolute Gasteiger partial charge is 0.481 e.